The monoisotopic (exact) mass is 307 g/mol. The molecule has 0 bridgehead atoms. The van der Waals surface area contributed by atoms with Crippen LogP contribution >= 0.6 is 11.6 Å². The first kappa shape index (κ1) is 12.9. The standard InChI is InChI=1S/C12H14ClN7O/c13-10-16-11(18-12(17-10)20-7-14-6-15-20)19-4-5-21-9-3-1-2-8(9)19/h6-9H,1-5H2. The molecule has 0 N–H and O–H groups in total. The van der Waals surface area contributed by atoms with Crippen LogP contribution in [-0.2, 0) is 4.74 Å². The summed E-state index contributed by atoms with van der Waals surface area (Å²) in [5.41, 5.74) is 0. The lowest BCUT2D eigenvalue weighted by Gasteiger charge is -2.37. The second-order valence-corrected chi connectivity index (χ2v) is 5.48. The van der Waals surface area contributed by atoms with E-state index in [0.717, 1.165) is 19.4 Å². The number of nitrogens with zero attached hydrogens (tertiary/aromatic N) is 7. The van der Waals surface area contributed by atoms with Crippen molar-refractivity contribution in [2.75, 3.05) is 18.1 Å². The maximum atomic E-state index is 6.05. The zero-order chi connectivity index (χ0) is 14.2. The SMILES string of the molecule is Clc1nc(N2CCOC3CCCC32)nc(-n2cncn2)n1. The first-order chi connectivity index (χ1) is 10.3. The first-order valence-corrected chi connectivity index (χ1v) is 7.34. The second kappa shape index (κ2) is 5.19. The fourth-order valence-electron chi connectivity index (χ4n) is 3.05. The molecule has 9 heteroatoms. The summed E-state index contributed by atoms with van der Waals surface area (Å²) in [6.07, 6.45) is 6.58. The number of halogens is 1. The number of morpholine rings is 1. The molecule has 2 aromatic heterocycles. The van der Waals surface area contributed by atoms with E-state index in [9.17, 15) is 0 Å². The third kappa shape index (κ3) is 2.34. The summed E-state index contributed by atoms with van der Waals surface area (Å²) in [5, 5.41) is 4.19. The van der Waals surface area contributed by atoms with Crippen molar-refractivity contribution in [2.24, 2.45) is 0 Å². The minimum Gasteiger partial charge on any atom is -0.374 e. The largest absolute Gasteiger partial charge is 0.374 e. The van der Waals surface area contributed by atoms with Crippen molar-refractivity contribution < 1.29 is 4.74 Å². The molecule has 1 aliphatic carbocycles. The Hall–Kier alpha value is -1.80. The van der Waals surface area contributed by atoms with E-state index in [1.165, 1.54) is 23.8 Å². The maximum Gasteiger partial charge on any atom is 0.258 e. The Bertz CT molecular complexity index is 635. The van der Waals surface area contributed by atoms with Gasteiger partial charge in [-0.25, -0.2) is 4.98 Å². The van der Waals surface area contributed by atoms with E-state index in [1.54, 1.807) is 0 Å². The number of fused-ring (bicyclic) bond motifs is 1. The number of aromatic nitrogens is 6. The molecule has 3 heterocycles. The number of hydrogen-bond acceptors (Lipinski definition) is 7. The van der Waals surface area contributed by atoms with Gasteiger partial charge in [-0.05, 0) is 30.9 Å². The van der Waals surface area contributed by atoms with Gasteiger partial charge in [-0.3, -0.25) is 0 Å². The lowest BCUT2D eigenvalue weighted by atomic mass is 10.1. The van der Waals surface area contributed by atoms with E-state index < -0.39 is 0 Å². The van der Waals surface area contributed by atoms with Crippen LogP contribution in [0, 0.1) is 0 Å². The fourth-order valence-corrected chi connectivity index (χ4v) is 3.20. The van der Waals surface area contributed by atoms with Crippen molar-refractivity contribution in [3.8, 4) is 5.95 Å². The molecule has 4 rings (SSSR count). The number of hydrogen-bond donors (Lipinski definition) is 0. The molecule has 2 atom stereocenters. The second-order valence-electron chi connectivity index (χ2n) is 5.15. The van der Waals surface area contributed by atoms with Crippen LogP contribution in [0.1, 0.15) is 19.3 Å². The van der Waals surface area contributed by atoms with Gasteiger partial charge in [0.2, 0.25) is 11.2 Å². The molecule has 0 aromatic carbocycles. The summed E-state index contributed by atoms with van der Waals surface area (Å²) >= 11 is 6.05. The van der Waals surface area contributed by atoms with E-state index in [-0.39, 0.29) is 11.4 Å². The molecule has 2 unspecified atom stereocenters. The van der Waals surface area contributed by atoms with Gasteiger partial charge in [-0.15, -0.1) is 0 Å². The van der Waals surface area contributed by atoms with Crippen LogP contribution in [-0.4, -0.2) is 55.0 Å². The van der Waals surface area contributed by atoms with Gasteiger partial charge in [0.05, 0.1) is 18.8 Å². The van der Waals surface area contributed by atoms with Crippen LogP contribution in [0.2, 0.25) is 5.28 Å². The van der Waals surface area contributed by atoms with Crippen LogP contribution in [0.3, 0.4) is 0 Å². The molecule has 0 amide bonds. The van der Waals surface area contributed by atoms with Crippen LogP contribution in [0.4, 0.5) is 5.95 Å². The summed E-state index contributed by atoms with van der Waals surface area (Å²) in [7, 11) is 0. The van der Waals surface area contributed by atoms with Crippen LogP contribution in [0.25, 0.3) is 5.95 Å². The molecule has 1 saturated carbocycles. The van der Waals surface area contributed by atoms with Gasteiger partial charge < -0.3 is 9.64 Å². The number of ether oxygens (including phenoxy) is 1. The highest BCUT2D eigenvalue weighted by Crippen LogP contribution is 2.32. The fraction of sp³-hybridized carbons (Fsp3) is 0.583. The van der Waals surface area contributed by atoms with Crippen molar-refractivity contribution in [3.63, 3.8) is 0 Å². The molecular weight excluding hydrogens is 294 g/mol. The van der Waals surface area contributed by atoms with E-state index in [0.29, 0.717) is 24.5 Å². The summed E-state index contributed by atoms with van der Waals surface area (Å²) < 4.78 is 7.29. The molecule has 0 radical (unpaired) electrons. The van der Waals surface area contributed by atoms with E-state index in [1.807, 2.05) is 0 Å². The Morgan fingerprint density at radius 2 is 2.10 bits per heavy atom. The maximum absolute atomic E-state index is 6.05. The normalized spacial score (nSPS) is 25.1. The van der Waals surface area contributed by atoms with Gasteiger partial charge in [0.1, 0.15) is 12.7 Å². The zero-order valence-electron chi connectivity index (χ0n) is 11.3. The topological polar surface area (TPSA) is 81.9 Å². The molecular formula is C12H14ClN7O. The Labute approximate surface area is 126 Å². The third-order valence-corrected chi connectivity index (χ3v) is 4.12. The Kier molecular flexibility index (Phi) is 3.19. The minimum absolute atomic E-state index is 0.159. The van der Waals surface area contributed by atoms with Gasteiger partial charge in [0.25, 0.3) is 5.95 Å². The summed E-state index contributed by atoms with van der Waals surface area (Å²) in [6.45, 7) is 1.45. The summed E-state index contributed by atoms with van der Waals surface area (Å²) in [4.78, 5) is 18.9. The van der Waals surface area contributed by atoms with E-state index in [4.69, 9.17) is 16.3 Å². The van der Waals surface area contributed by atoms with Crippen molar-refractivity contribution in [2.45, 2.75) is 31.4 Å². The summed E-state index contributed by atoms with van der Waals surface area (Å²) in [5.74, 6) is 0.962. The molecule has 21 heavy (non-hydrogen) atoms. The minimum atomic E-state index is 0.159. The smallest absolute Gasteiger partial charge is 0.258 e. The highest BCUT2D eigenvalue weighted by Gasteiger charge is 2.37. The predicted molar refractivity (Wildman–Crippen MR) is 74.5 cm³/mol. The van der Waals surface area contributed by atoms with Crippen molar-refractivity contribution in [1.29, 1.82) is 0 Å². The van der Waals surface area contributed by atoms with Crippen LogP contribution < -0.4 is 4.90 Å². The number of anilines is 1. The third-order valence-electron chi connectivity index (χ3n) is 3.95. The lowest BCUT2D eigenvalue weighted by Crippen LogP contribution is -2.49. The first-order valence-electron chi connectivity index (χ1n) is 6.96. The van der Waals surface area contributed by atoms with Crippen molar-refractivity contribution >= 4 is 17.5 Å². The molecule has 0 spiro atoms. The number of rotatable bonds is 2. The van der Waals surface area contributed by atoms with E-state index >= 15 is 0 Å². The lowest BCUT2D eigenvalue weighted by molar-refractivity contribution is 0.0249. The van der Waals surface area contributed by atoms with E-state index in [2.05, 4.69) is 29.9 Å². The average molecular weight is 308 g/mol. The molecule has 2 fully saturated rings. The van der Waals surface area contributed by atoms with Gasteiger partial charge in [0, 0.05) is 6.54 Å². The Morgan fingerprint density at radius 3 is 2.95 bits per heavy atom. The molecule has 110 valence electrons. The molecule has 2 aromatic rings. The molecule has 2 aliphatic rings. The van der Waals surface area contributed by atoms with Crippen LogP contribution in [0.15, 0.2) is 12.7 Å². The highest BCUT2D eigenvalue weighted by atomic mass is 35.5. The van der Waals surface area contributed by atoms with Gasteiger partial charge in [-0.2, -0.15) is 24.7 Å². The highest BCUT2D eigenvalue weighted by molar-refractivity contribution is 6.28. The summed E-state index contributed by atoms with van der Waals surface area (Å²) in [6, 6.07) is 0.320. The zero-order valence-corrected chi connectivity index (χ0v) is 12.0. The average Bonchev–Trinajstić information content (AvgIpc) is 3.17. The van der Waals surface area contributed by atoms with Gasteiger partial charge >= 0.3 is 0 Å². The quantitative estimate of drug-likeness (QED) is 0.814. The molecule has 1 aliphatic heterocycles. The molecule has 8 nitrogen and oxygen atoms in total. The van der Waals surface area contributed by atoms with Gasteiger partial charge in [0.15, 0.2) is 0 Å². The molecule has 1 saturated heterocycles. The van der Waals surface area contributed by atoms with Crippen molar-refractivity contribution in [1.82, 2.24) is 29.7 Å². The predicted octanol–water partition coefficient (Wildman–Crippen LogP) is 0.863. The van der Waals surface area contributed by atoms with Crippen LogP contribution in [0.5, 0.6) is 0 Å². The van der Waals surface area contributed by atoms with Crippen molar-refractivity contribution in [3.05, 3.63) is 17.9 Å². The van der Waals surface area contributed by atoms with Gasteiger partial charge in [-0.1, -0.05) is 0 Å². The Balaban J connectivity index is 1.71. The Morgan fingerprint density at radius 1 is 1.19 bits per heavy atom.